The van der Waals surface area contributed by atoms with Crippen LogP contribution in [0, 0.1) is 0 Å². The van der Waals surface area contributed by atoms with Gasteiger partial charge in [0.2, 0.25) is 0 Å². The van der Waals surface area contributed by atoms with Crippen molar-refractivity contribution in [2.75, 3.05) is 6.54 Å². The molecule has 0 radical (unpaired) electrons. The molecule has 1 aliphatic carbocycles. The van der Waals surface area contributed by atoms with Gasteiger partial charge in [0.25, 0.3) is 0 Å². The molecule has 1 aromatic carbocycles. The zero-order chi connectivity index (χ0) is 11.0. The van der Waals surface area contributed by atoms with Crippen molar-refractivity contribution in [1.82, 2.24) is 5.32 Å². The summed E-state index contributed by atoms with van der Waals surface area (Å²) in [6.07, 6.45) is 6.85. The van der Waals surface area contributed by atoms with E-state index in [0.717, 1.165) is 18.1 Å². The Balaban J connectivity index is 2.04. The summed E-state index contributed by atoms with van der Waals surface area (Å²) < 4.78 is 0. The SMILES string of the molecule is Clc1ccc2c(c1)CNCC21CCCCC1. The van der Waals surface area contributed by atoms with Crippen LogP contribution >= 0.6 is 11.6 Å². The van der Waals surface area contributed by atoms with Crippen molar-refractivity contribution >= 4 is 11.6 Å². The van der Waals surface area contributed by atoms with Crippen LogP contribution in [0.25, 0.3) is 0 Å². The Hall–Kier alpha value is -0.530. The molecule has 0 aromatic heterocycles. The highest BCUT2D eigenvalue weighted by molar-refractivity contribution is 6.30. The molecule has 1 N–H and O–H groups in total. The minimum Gasteiger partial charge on any atom is -0.312 e. The van der Waals surface area contributed by atoms with Crippen LogP contribution in [0.2, 0.25) is 5.02 Å². The smallest absolute Gasteiger partial charge is 0.0409 e. The van der Waals surface area contributed by atoms with Crippen LogP contribution in [-0.4, -0.2) is 6.54 Å². The lowest BCUT2D eigenvalue weighted by Crippen LogP contribution is -2.44. The monoisotopic (exact) mass is 235 g/mol. The Morgan fingerprint density at radius 1 is 1.12 bits per heavy atom. The molecule has 1 aromatic rings. The fourth-order valence-electron chi connectivity index (χ4n) is 3.43. The highest BCUT2D eigenvalue weighted by Crippen LogP contribution is 2.42. The van der Waals surface area contributed by atoms with Crippen LogP contribution < -0.4 is 5.32 Å². The highest BCUT2D eigenvalue weighted by atomic mass is 35.5. The van der Waals surface area contributed by atoms with Gasteiger partial charge in [0.15, 0.2) is 0 Å². The van der Waals surface area contributed by atoms with E-state index in [-0.39, 0.29) is 0 Å². The van der Waals surface area contributed by atoms with Gasteiger partial charge in [-0.2, -0.15) is 0 Å². The normalized spacial score (nSPS) is 23.1. The molecular weight excluding hydrogens is 218 g/mol. The van der Waals surface area contributed by atoms with Gasteiger partial charge in [-0.25, -0.2) is 0 Å². The Kier molecular flexibility index (Phi) is 2.68. The average Bonchev–Trinajstić information content (AvgIpc) is 2.30. The molecule has 86 valence electrons. The lowest BCUT2D eigenvalue weighted by atomic mass is 9.67. The summed E-state index contributed by atoms with van der Waals surface area (Å²) in [5.74, 6) is 0. The predicted molar refractivity (Wildman–Crippen MR) is 67.9 cm³/mol. The van der Waals surface area contributed by atoms with E-state index in [4.69, 9.17) is 11.6 Å². The Morgan fingerprint density at radius 2 is 1.94 bits per heavy atom. The maximum Gasteiger partial charge on any atom is 0.0409 e. The van der Waals surface area contributed by atoms with Gasteiger partial charge in [-0.1, -0.05) is 36.9 Å². The molecule has 0 unspecified atom stereocenters. The Bertz CT molecular complexity index is 394. The quantitative estimate of drug-likeness (QED) is 0.724. The number of halogens is 1. The molecule has 16 heavy (non-hydrogen) atoms. The molecule has 0 atom stereocenters. The average molecular weight is 236 g/mol. The topological polar surface area (TPSA) is 12.0 Å². The zero-order valence-electron chi connectivity index (χ0n) is 9.56. The van der Waals surface area contributed by atoms with E-state index in [1.807, 2.05) is 0 Å². The third-order valence-electron chi connectivity index (χ3n) is 4.23. The van der Waals surface area contributed by atoms with Crippen molar-refractivity contribution in [3.63, 3.8) is 0 Å². The summed E-state index contributed by atoms with van der Waals surface area (Å²) in [6, 6.07) is 6.46. The molecule has 1 aliphatic heterocycles. The zero-order valence-corrected chi connectivity index (χ0v) is 10.3. The second kappa shape index (κ2) is 4.05. The first-order valence-electron chi connectivity index (χ1n) is 6.30. The molecule has 1 heterocycles. The molecule has 1 saturated carbocycles. The van der Waals surface area contributed by atoms with Gasteiger partial charge in [-0.15, -0.1) is 0 Å². The molecule has 1 fully saturated rings. The standard InChI is InChI=1S/C14H18ClN/c15-12-4-5-13-11(8-12)9-16-10-14(13)6-2-1-3-7-14/h4-5,8,16H,1-3,6-7,9-10H2. The number of rotatable bonds is 0. The number of hydrogen-bond acceptors (Lipinski definition) is 1. The number of fused-ring (bicyclic) bond motifs is 2. The van der Waals surface area contributed by atoms with Crippen molar-refractivity contribution < 1.29 is 0 Å². The first-order chi connectivity index (χ1) is 7.80. The van der Waals surface area contributed by atoms with E-state index < -0.39 is 0 Å². The Labute approximate surface area is 102 Å². The fraction of sp³-hybridized carbons (Fsp3) is 0.571. The predicted octanol–water partition coefficient (Wildman–Crippen LogP) is 3.65. The third kappa shape index (κ3) is 1.66. The van der Waals surface area contributed by atoms with Crippen LogP contribution in [0.4, 0.5) is 0 Å². The van der Waals surface area contributed by atoms with E-state index in [1.54, 1.807) is 5.56 Å². The fourth-order valence-corrected chi connectivity index (χ4v) is 3.63. The summed E-state index contributed by atoms with van der Waals surface area (Å²) in [4.78, 5) is 0. The number of benzene rings is 1. The maximum absolute atomic E-state index is 6.08. The third-order valence-corrected chi connectivity index (χ3v) is 4.46. The van der Waals surface area contributed by atoms with Gasteiger partial charge in [0.05, 0.1) is 0 Å². The summed E-state index contributed by atoms with van der Waals surface area (Å²) in [6.45, 7) is 2.14. The van der Waals surface area contributed by atoms with Gasteiger partial charge >= 0.3 is 0 Å². The molecule has 0 amide bonds. The van der Waals surface area contributed by atoms with Crippen molar-refractivity contribution in [1.29, 1.82) is 0 Å². The maximum atomic E-state index is 6.08. The molecule has 1 nitrogen and oxygen atoms in total. The van der Waals surface area contributed by atoms with Crippen molar-refractivity contribution in [3.05, 3.63) is 34.3 Å². The van der Waals surface area contributed by atoms with Gasteiger partial charge in [-0.05, 0) is 36.1 Å². The van der Waals surface area contributed by atoms with E-state index >= 15 is 0 Å². The minimum atomic E-state index is 0.413. The summed E-state index contributed by atoms with van der Waals surface area (Å²) in [5.41, 5.74) is 3.40. The van der Waals surface area contributed by atoms with Crippen LogP contribution in [0.5, 0.6) is 0 Å². The molecule has 3 rings (SSSR count). The van der Waals surface area contributed by atoms with Crippen molar-refractivity contribution in [2.45, 2.75) is 44.1 Å². The van der Waals surface area contributed by atoms with Crippen LogP contribution in [-0.2, 0) is 12.0 Å². The van der Waals surface area contributed by atoms with Crippen LogP contribution in [0.15, 0.2) is 18.2 Å². The first-order valence-corrected chi connectivity index (χ1v) is 6.68. The highest BCUT2D eigenvalue weighted by Gasteiger charge is 2.37. The van der Waals surface area contributed by atoms with Gasteiger partial charge < -0.3 is 5.32 Å². The van der Waals surface area contributed by atoms with Crippen LogP contribution in [0.3, 0.4) is 0 Å². The first kappa shape index (κ1) is 10.6. The van der Waals surface area contributed by atoms with Gasteiger partial charge in [-0.3, -0.25) is 0 Å². The Morgan fingerprint density at radius 3 is 2.75 bits per heavy atom. The number of nitrogens with one attached hydrogen (secondary N) is 1. The second-order valence-electron chi connectivity index (χ2n) is 5.25. The molecular formula is C14H18ClN. The molecule has 2 aliphatic rings. The van der Waals surface area contributed by atoms with E-state index in [1.165, 1.54) is 37.7 Å². The minimum absolute atomic E-state index is 0.413. The number of hydrogen-bond donors (Lipinski definition) is 1. The molecule has 0 saturated heterocycles. The largest absolute Gasteiger partial charge is 0.312 e. The van der Waals surface area contributed by atoms with Crippen molar-refractivity contribution in [2.24, 2.45) is 0 Å². The summed E-state index contributed by atoms with van der Waals surface area (Å²) in [7, 11) is 0. The molecule has 0 bridgehead atoms. The summed E-state index contributed by atoms with van der Waals surface area (Å²) >= 11 is 6.08. The van der Waals surface area contributed by atoms with E-state index in [9.17, 15) is 0 Å². The van der Waals surface area contributed by atoms with Gasteiger partial charge in [0.1, 0.15) is 0 Å². The lowest BCUT2D eigenvalue weighted by Gasteiger charge is -2.42. The summed E-state index contributed by atoms with van der Waals surface area (Å²) in [5, 5.41) is 4.44. The van der Waals surface area contributed by atoms with Gasteiger partial charge in [0, 0.05) is 23.5 Å². The molecule has 2 heteroatoms. The van der Waals surface area contributed by atoms with Crippen molar-refractivity contribution in [3.8, 4) is 0 Å². The molecule has 1 spiro atoms. The van der Waals surface area contributed by atoms with E-state index in [2.05, 4.69) is 23.5 Å². The second-order valence-corrected chi connectivity index (χ2v) is 5.68. The lowest BCUT2D eigenvalue weighted by molar-refractivity contribution is 0.264. The van der Waals surface area contributed by atoms with Crippen LogP contribution in [0.1, 0.15) is 43.2 Å². The van der Waals surface area contributed by atoms with E-state index in [0.29, 0.717) is 5.41 Å².